The summed E-state index contributed by atoms with van der Waals surface area (Å²) in [5, 5.41) is 8.93. The quantitative estimate of drug-likeness (QED) is 0.793. The predicted octanol–water partition coefficient (Wildman–Crippen LogP) is 2.27. The fourth-order valence-corrected chi connectivity index (χ4v) is 2.12. The summed E-state index contributed by atoms with van der Waals surface area (Å²) < 4.78 is 4.73. The molecule has 2 aromatic carbocycles. The van der Waals surface area contributed by atoms with Crippen molar-refractivity contribution in [1.82, 2.24) is 0 Å². The highest BCUT2D eigenvalue weighted by Crippen LogP contribution is 2.14. The lowest BCUT2D eigenvalue weighted by Crippen LogP contribution is -2.07. The maximum absolute atomic E-state index is 12.1. The van der Waals surface area contributed by atoms with Gasteiger partial charge in [-0.2, -0.15) is 0 Å². The Kier molecular flexibility index (Phi) is 5.03. The van der Waals surface area contributed by atoms with Crippen LogP contribution in [0.5, 0.6) is 5.75 Å². The Bertz CT molecular complexity index is 706. The molecule has 1 N–H and O–H groups in total. The molecule has 5 nitrogen and oxygen atoms in total. The number of ketones is 1. The van der Waals surface area contributed by atoms with Crippen LogP contribution in [0.25, 0.3) is 0 Å². The molecule has 112 valence electrons. The molecule has 5 heteroatoms. The van der Waals surface area contributed by atoms with Crippen LogP contribution < -0.4 is 4.74 Å². The van der Waals surface area contributed by atoms with Gasteiger partial charge in [0.05, 0.1) is 5.56 Å². The van der Waals surface area contributed by atoms with E-state index < -0.39 is 5.97 Å². The third-order valence-corrected chi connectivity index (χ3v) is 3.06. The van der Waals surface area contributed by atoms with E-state index in [1.807, 2.05) is 0 Å². The number of hydrogen-bond acceptors (Lipinski definition) is 4. The van der Waals surface area contributed by atoms with Gasteiger partial charge >= 0.3 is 5.97 Å². The zero-order chi connectivity index (χ0) is 15.9. The number of ether oxygens (including phenoxy) is 1. The molecule has 0 heterocycles. The third kappa shape index (κ3) is 4.28. The molecule has 0 radical (unpaired) electrons. The lowest BCUT2D eigenvalue weighted by Gasteiger charge is -2.05. The molecule has 2 rings (SSSR count). The lowest BCUT2D eigenvalue weighted by molar-refractivity contribution is -0.120. The van der Waals surface area contributed by atoms with E-state index in [0.29, 0.717) is 17.8 Å². The minimum Gasteiger partial charge on any atom is -0.478 e. The summed E-state index contributed by atoms with van der Waals surface area (Å²) in [6, 6.07) is 13.0. The second-order valence-corrected chi connectivity index (χ2v) is 4.76. The Morgan fingerprint density at radius 1 is 1.00 bits per heavy atom. The van der Waals surface area contributed by atoms with E-state index in [1.54, 1.807) is 36.4 Å². The summed E-state index contributed by atoms with van der Waals surface area (Å²) in [4.78, 5) is 33.3. The van der Waals surface area contributed by atoms with Crippen LogP contribution in [0.2, 0.25) is 0 Å². The Morgan fingerprint density at radius 3 is 2.27 bits per heavy atom. The number of aromatic carboxylic acids is 1. The molecule has 0 aromatic heterocycles. The number of hydrogen-bond donors (Lipinski definition) is 1. The summed E-state index contributed by atoms with van der Waals surface area (Å²) in [5.74, 6) is -0.688. The van der Waals surface area contributed by atoms with Gasteiger partial charge in [0.25, 0.3) is 6.47 Å². The highest BCUT2D eigenvalue weighted by molar-refractivity contribution is 5.88. The molecule has 2 aromatic rings. The molecular weight excluding hydrogens is 284 g/mol. The van der Waals surface area contributed by atoms with Crippen molar-refractivity contribution in [3.8, 4) is 5.75 Å². The van der Waals surface area contributed by atoms with Crippen LogP contribution in [0.1, 0.15) is 21.5 Å². The van der Waals surface area contributed by atoms with Gasteiger partial charge in [-0.15, -0.1) is 0 Å². The molecular formula is C17H14O5. The Hall–Kier alpha value is -2.95. The minimum atomic E-state index is -1.02. The van der Waals surface area contributed by atoms with Crippen molar-refractivity contribution in [2.45, 2.75) is 12.8 Å². The molecule has 0 amide bonds. The largest absolute Gasteiger partial charge is 0.478 e. The van der Waals surface area contributed by atoms with Gasteiger partial charge < -0.3 is 9.84 Å². The zero-order valence-corrected chi connectivity index (χ0v) is 11.7. The number of Topliss-reactive ketones (excluding diaryl/α,β-unsaturated/α-hetero) is 1. The van der Waals surface area contributed by atoms with E-state index in [2.05, 4.69) is 0 Å². The molecule has 0 aliphatic rings. The van der Waals surface area contributed by atoms with E-state index >= 15 is 0 Å². The van der Waals surface area contributed by atoms with E-state index in [9.17, 15) is 14.4 Å². The van der Waals surface area contributed by atoms with Crippen molar-refractivity contribution < 1.29 is 24.2 Å². The van der Waals surface area contributed by atoms with Crippen LogP contribution in [-0.4, -0.2) is 23.3 Å². The summed E-state index contributed by atoms with van der Waals surface area (Å²) in [7, 11) is 0. The molecule has 0 saturated heterocycles. The molecule has 22 heavy (non-hydrogen) atoms. The van der Waals surface area contributed by atoms with E-state index in [4.69, 9.17) is 9.84 Å². The average molecular weight is 298 g/mol. The number of carboxylic acids is 1. The van der Waals surface area contributed by atoms with Crippen LogP contribution in [-0.2, 0) is 22.4 Å². The summed E-state index contributed by atoms with van der Waals surface area (Å²) in [6.45, 7) is 0.332. The fourth-order valence-electron chi connectivity index (χ4n) is 2.12. The molecule has 0 spiro atoms. The number of carbonyl (C=O) groups excluding carboxylic acids is 2. The molecule has 0 saturated carbocycles. The topological polar surface area (TPSA) is 80.7 Å². The second kappa shape index (κ2) is 7.17. The minimum absolute atomic E-state index is 0.0502. The Morgan fingerprint density at radius 2 is 1.64 bits per heavy atom. The smallest absolute Gasteiger partial charge is 0.335 e. The maximum Gasteiger partial charge on any atom is 0.335 e. The van der Waals surface area contributed by atoms with Crippen LogP contribution in [0.3, 0.4) is 0 Å². The zero-order valence-electron chi connectivity index (χ0n) is 11.7. The van der Waals surface area contributed by atoms with Crippen molar-refractivity contribution in [2.75, 3.05) is 0 Å². The number of carbonyl (C=O) groups is 3. The first-order chi connectivity index (χ1) is 10.6. The number of carboxylic acid groups (broad SMARTS) is 1. The molecule has 0 atom stereocenters. The molecule has 0 aliphatic heterocycles. The van der Waals surface area contributed by atoms with Gasteiger partial charge in [-0.3, -0.25) is 9.59 Å². The van der Waals surface area contributed by atoms with Crippen molar-refractivity contribution in [3.05, 3.63) is 65.2 Å². The Labute approximate surface area is 127 Å². The highest BCUT2D eigenvalue weighted by atomic mass is 16.5. The number of rotatable bonds is 7. The molecule has 0 unspecified atom stereocenters. The Balaban J connectivity index is 2.03. The average Bonchev–Trinajstić information content (AvgIpc) is 2.48. The third-order valence-electron chi connectivity index (χ3n) is 3.06. The van der Waals surface area contributed by atoms with E-state index in [1.165, 1.54) is 12.1 Å². The summed E-state index contributed by atoms with van der Waals surface area (Å²) in [5.41, 5.74) is 1.55. The van der Waals surface area contributed by atoms with Crippen molar-refractivity contribution in [2.24, 2.45) is 0 Å². The van der Waals surface area contributed by atoms with Gasteiger partial charge in [0.1, 0.15) is 11.5 Å². The molecule has 0 fully saturated rings. The SMILES string of the molecule is O=COc1cccc(CC(=O)Cc2cccc(C(=O)O)c2)c1. The standard InChI is InChI=1S/C17H14O5/c18-11-22-16-6-2-4-13(10-16)9-15(19)8-12-3-1-5-14(7-12)17(20)21/h1-7,10-11H,8-9H2,(H,20,21). The first-order valence-corrected chi connectivity index (χ1v) is 6.61. The first kappa shape index (κ1) is 15.4. The summed E-state index contributed by atoms with van der Waals surface area (Å²) in [6.07, 6.45) is 0.341. The van der Waals surface area contributed by atoms with Crippen LogP contribution in [0.15, 0.2) is 48.5 Å². The van der Waals surface area contributed by atoms with Gasteiger partial charge in [-0.1, -0.05) is 24.3 Å². The van der Waals surface area contributed by atoms with Gasteiger partial charge in [0.2, 0.25) is 0 Å². The summed E-state index contributed by atoms with van der Waals surface area (Å²) >= 11 is 0. The molecule has 0 bridgehead atoms. The van der Waals surface area contributed by atoms with Gasteiger partial charge in [0, 0.05) is 12.8 Å². The predicted molar refractivity (Wildman–Crippen MR) is 79.0 cm³/mol. The monoisotopic (exact) mass is 298 g/mol. The maximum atomic E-state index is 12.1. The van der Waals surface area contributed by atoms with Gasteiger partial charge in [-0.05, 0) is 35.4 Å². The lowest BCUT2D eigenvalue weighted by atomic mass is 10.0. The highest BCUT2D eigenvalue weighted by Gasteiger charge is 2.09. The van der Waals surface area contributed by atoms with Crippen molar-refractivity contribution in [3.63, 3.8) is 0 Å². The van der Waals surface area contributed by atoms with Gasteiger partial charge in [0.15, 0.2) is 0 Å². The van der Waals surface area contributed by atoms with Crippen molar-refractivity contribution in [1.29, 1.82) is 0 Å². The first-order valence-electron chi connectivity index (χ1n) is 6.61. The number of benzene rings is 2. The molecule has 0 aliphatic carbocycles. The van der Waals surface area contributed by atoms with Crippen LogP contribution in [0, 0.1) is 0 Å². The van der Waals surface area contributed by atoms with E-state index in [-0.39, 0.29) is 24.2 Å². The van der Waals surface area contributed by atoms with Crippen molar-refractivity contribution >= 4 is 18.2 Å². The normalized spacial score (nSPS) is 10.0. The van der Waals surface area contributed by atoms with Gasteiger partial charge in [-0.25, -0.2) is 4.79 Å². The van der Waals surface area contributed by atoms with Crippen LogP contribution >= 0.6 is 0 Å². The fraction of sp³-hybridized carbons (Fsp3) is 0.118. The van der Waals surface area contributed by atoms with Crippen LogP contribution in [0.4, 0.5) is 0 Å². The second-order valence-electron chi connectivity index (χ2n) is 4.76. The van der Waals surface area contributed by atoms with E-state index in [0.717, 1.165) is 5.56 Å².